The summed E-state index contributed by atoms with van der Waals surface area (Å²) in [5, 5.41) is 39.3. The van der Waals surface area contributed by atoms with Crippen LogP contribution in [0.5, 0.6) is 0 Å². The van der Waals surface area contributed by atoms with Gasteiger partial charge in [-0.2, -0.15) is 9.97 Å². The van der Waals surface area contributed by atoms with Crippen molar-refractivity contribution >= 4 is 34.5 Å². The number of pyridine rings is 2. The average molecular weight is 2300 g/mol. The van der Waals surface area contributed by atoms with Gasteiger partial charge in [0.1, 0.15) is 17.0 Å². The molecule has 0 radical (unpaired) electrons. The molecule has 6 heterocycles. The molecule has 6 N–H and O–H groups in total. The number of anilines is 2. The Kier molecular flexibility index (Phi) is 426. The number of carboxylic acid groups (broad SMARTS) is 1. The number of nitrogen functional groups attached to an aromatic ring is 1. The first-order chi connectivity index (χ1) is 67.7. The lowest BCUT2D eigenvalue weighted by molar-refractivity contribution is 0.0681. The summed E-state index contributed by atoms with van der Waals surface area (Å²) >= 11 is 0. The maximum Gasteiger partial charge on any atom is 0.354 e. The summed E-state index contributed by atoms with van der Waals surface area (Å²) in [7, 11) is 0. The average Bonchev–Trinajstić information content (AvgIpc) is 1.67. The van der Waals surface area contributed by atoms with Crippen molar-refractivity contribution < 1.29 is 382 Å². The topological polar surface area (TPSA) is 245 Å². The molecule has 6 aromatic heterocycles. The highest BCUT2D eigenvalue weighted by atomic mass is 20.1. The van der Waals surface area contributed by atoms with Crippen LogP contribution >= 0.6 is 0 Å². The van der Waals surface area contributed by atoms with Gasteiger partial charge in [-0.05, 0) is 127 Å². The smallest absolute Gasteiger partial charge is 0.354 e. The number of carboxylic acids is 1. The third-order valence-corrected chi connectivity index (χ3v) is 9.91. The van der Waals surface area contributed by atoms with E-state index in [1.807, 2.05) is 94.6 Å². The van der Waals surface area contributed by atoms with Gasteiger partial charge in [0.2, 0.25) is 23.4 Å². The van der Waals surface area contributed by atoms with Crippen LogP contribution in [0.2, 0.25) is 0 Å². The zero-order valence-corrected chi connectivity index (χ0v) is 65.3. The number of benzene rings is 2. The van der Waals surface area contributed by atoms with Crippen LogP contribution in [0.4, 0.5) is 359 Å². The number of rotatable bonds is 11. The van der Waals surface area contributed by atoms with Crippen LogP contribution < -0.4 is 11.1 Å². The van der Waals surface area contributed by atoms with Gasteiger partial charge in [-0.3, -0.25) is 13.6 Å². The number of carbonyl (C=O) groups excluding carboxylic acids is 1. The lowest BCUT2D eigenvalue weighted by atomic mass is 10.0. The van der Waals surface area contributed by atoms with Crippen LogP contribution in [0.25, 0.3) is 34.1 Å². The molecule has 17 nitrogen and oxygen atoms in total. The molecule has 0 saturated carbocycles. The minimum atomic E-state index is -0.962. The van der Waals surface area contributed by atoms with Crippen molar-refractivity contribution in [2.75, 3.05) is 11.1 Å². The number of fused-ring (bicyclic) bond motifs is 2. The quantitative estimate of drug-likeness (QED) is 0.0597. The van der Waals surface area contributed by atoms with Crippen molar-refractivity contribution in [3.05, 3.63) is 131 Å². The summed E-state index contributed by atoms with van der Waals surface area (Å²) in [6.45, 7) is 14.8. The molecule has 8 aromatic rings. The molecule has 139 heavy (non-hydrogen) atoms. The normalized spacial score (nSPS) is 6.86. The first-order valence-electron chi connectivity index (χ1n) is 25.7. The van der Waals surface area contributed by atoms with Crippen LogP contribution in [-0.4, -0.2) is 77.4 Å². The van der Waals surface area contributed by atoms with E-state index >= 15 is 0 Å². The fourth-order valence-corrected chi connectivity index (χ4v) is 6.13. The van der Waals surface area contributed by atoms with Crippen LogP contribution in [0, 0.1) is 27.7 Å². The van der Waals surface area contributed by atoms with Crippen molar-refractivity contribution in [1.82, 2.24) is 39.1 Å². The number of aliphatic hydroxyl groups is 2. The highest BCUT2D eigenvalue weighted by Crippen LogP contribution is 2.26. The van der Waals surface area contributed by atoms with E-state index in [2.05, 4.69) is 35.6 Å². The van der Waals surface area contributed by atoms with E-state index in [1.54, 1.807) is 48.9 Å². The van der Waals surface area contributed by atoms with Gasteiger partial charge in [0.05, 0.1) is 23.6 Å². The van der Waals surface area contributed by atoms with Gasteiger partial charge < -0.3 is 35.4 Å². The number of amides is 1. The maximum atomic E-state index is 12.9. The van der Waals surface area contributed by atoms with Crippen LogP contribution in [-0.2, 0) is 12.8 Å². The number of nitrogens with two attached hydrogens (primary N) is 1. The minimum absolute atomic E-state index is 0.190. The van der Waals surface area contributed by atoms with Gasteiger partial charge in [0, 0.05) is 395 Å². The van der Waals surface area contributed by atoms with E-state index in [0.29, 0.717) is 71.8 Å². The summed E-state index contributed by atoms with van der Waals surface area (Å²) in [6, 6.07) is 18.8. The first kappa shape index (κ1) is 228. The first-order valence-corrected chi connectivity index (χ1v) is 25.7. The Morgan fingerprint density at radius 3 is 0.763 bits per heavy atom. The molecule has 0 aliphatic carbocycles. The molecule has 93 heteroatoms. The van der Waals surface area contributed by atoms with Gasteiger partial charge in [-0.1, -0.05) is 34.6 Å². The fraction of sp³-hybridized carbons (Fsp3) is 0.304. The van der Waals surface area contributed by atoms with E-state index in [4.69, 9.17) is 368 Å². The Morgan fingerprint density at radius 1 is 0.324 bits per heavy atom. The van der Waals surface area contributed by atoms with Gasteiger partial charge in [0.15, 0.2) is 5.69 Å². The second kappa shape index (κ2) is 260. The number of aryl methyl sites for hydroxylation is 6. The number of imidazole rings is 2. The Balaban J connectivity index is -0.0000000297. The summed E-state index contributed by atoms with van der Waals surface area (Å²) in [6.07, 6.45) is 8.60. The predicted molar refractivity (Wildman–Crippen MR) is 322 cm³/mol. The van der Waals surface area contributed by atoms with Gasteiger partial charge in [-0.25, -0.2) is 14.8 Å². The van der Waals surface area contributed by atoms with E-state index in [0.717, 1.165) is 39.0 Å². The SMILES string of the molecule is Cc1ccc(-c2noc(CCC(C)(C)O)n2)cc1N.Cc1ccn2c(C(=O)Nc3cc(-c4noc(CCC(C)(C)O)n4)ccc3C)cnc2c1.Cc1ccn2c(C(=O)O)cnc2c1.FF.FF.FF.FF.FF.FF.FF.FF.FF.FF.FF.FF.FF.FF.FF.FF.FF.FF.FF.FF.FF.FF.FF.FF.FF.FF.FF.FF.FF.FF.FF.FF.FF.FF.FF.FF.FF.FF. The molecule has 0 fully saturated rings. The number of halogens is 76. The standard InChI is InChI=1S/C23H25N5O3.C14H19N3O2.C9H8N2O2.38F2/c1-14-8-10-28-18(13-24-19(28)11-14)22(29)25-17-12-16(6-5-15(17)2)21-26-20(31-27-21)7-9-23(3,4)30;1-9-4-5-10(8-11(9)15)13-16-12(19-17-13)6-7-14(2,3)18;1-6-2-3-11-7(9(12)13)5-10-8(11)4-6;38*1-2/h5-6,8,10-13,30H,7,9H2,1-4H3,(H,25,29);4-5,8,18H,6-7,15H2,1-3H3;2-5H,1H3,(H,12,13);;;;;;;;;;;;;;;;;;;;;;;;;;;;;;;;;;;;;;. The molecule has 0 aliphatic rings. The fourth-order valence-electron chi connectivity index (χ4n) is 6.13. The summed E-state index contributed by atoms with van der Waals surface area (Å²) < 4.78 is 622. The monoisotopic (exact) mass is 2300 g/mol. The Labute approximate surface area is 713 Å². The van der Waals surface area contributed by atoms with Crippen LogP contribution in [0.3, 0.4) is 0 Å². The van der Waals surface area contributed by atoms with E-state index in [1.165, 1.54) is 6.20 Å². The molecule has 0 aliphatic heterocycles. The number of aromatic nitrogens is 8. The third-order valence-electron chi connectivity index (χ3n) is 9.91. The molecular weight excluding hydrogens is 2250 g/mol. The highest BCUT2D eigenvalue weighted by molar-refractivity contribution is 6.04. The van der Waals surface area contributed by atoms with Crippen molar-refractivity contribution in [2.24, 2.45) is 0 Å². The molecule has 860 valence electrons. The van der Waals surface area contributed by atoms with Gasteiger partial charge >= 0.3 is 5.97 Å². The number of nitrogens with one attached hydrogen (secondary N) is 1. The molecule has 8 rings (SSSR count). The third kappa shape index (κ3) is 166. The number of aromatic carboxylic acids is 1. The molecule has 0 unspecified atom stereocenters. The van der Waals surface area contributed by atoms with Crippen molar-refractivity contribution in [1.29, 1.82) is 0 Å². The molecule has 0 spiro atoms. The second-order valence-electron chi connectivity index (χ2n) is 16.7. The zero-order valence-electron chi connectivity index (χ0n) is 65.3. The van der Waals surface area contributed by atoms with Crippen molar-refractivity contribution in [2.45, 2.75) is 92.3 Å². The largest absolute Gasteiger partial charge is 0.477 e. The zero-order chi connectivity index (χ0) is 122. The van der Waals surface area contributed by atoms with Crippen LogP contribution in [0.15, 0.2) is 94.5 Å². The number of carbonyl (C=O) groups is 2. The Bertz CT molecular complexity index is 3010. The van der Waals surface area contributed by atoms with Gasteiger partial charge in [0.25, 0.3) is 5.91 Å². The highest BCUT2D eigenvalue weighted by Gasteiger charge is 2.19. The number of hydrogen-bond acceptors (Lipinski definition) is 13. The Morgan fingerprint density at radius 2 is 0.540 bits per heavy atom. The lowest BCUT2D eigenvalue weighted by Gasteiger charge is -2.14. The summed E-state index contributed by atoms with van der Waals surface area (Å²) in [4.78, 5) is 40.6. The molecule has 0 saturated heterocycles. The summed E-state index contributed by atoms with van der Waals surface area (Å²) in [5.41, 5.74) is 13.4. The molecule has 0 atom stereocenters. The number of hydrogen-bond donors (Lipinski definition) is 5. The summed E-state index contributed by atoms with van der Waals surface area (Å²) in [5.74, 6) is 0.733. The molecule has 0 bridgehead atoms. The molecule has 2 aromatic carbocycles. The minimum Gasteiger partial charge on any atom is -0.477 e. The number of nitrogens with zero attached hydrogens (tertiary/aromatic N) is 8. The second-order valence-corrected chi connectivity index (χ2v) is 16.7. The van der Waals surface area contributed by atoms with Crippen LogP contribution in [0.1, 0.15) is 95.5 Å². The Hall–Kier alpha value is -12.6. The van der Waals surface area contributed by atoms with Gasteiger partial charge in [-0.15, -0.1) is 0 Å². The maximum absolute atomic E-state index is 12.9. The predicted octanol–water partition coefficient (Wildman–Crippen LogP) is 39.6. The molecule has 1 amide bonds. The van der Waals surface area contributed by atoms with Crippen molar-refractivity contribution in [3.63, 3.8) is 0 Å². The molecular formula is C46H52F76N10O7. The van der Waals surface area contributed by atoms with E-state index in [-0.39, 0.29) is 11.6 Å². The lowest BCUT2D eigenvalue weighted by Crippen LogP contribution is -2.19. The van der Waals surface area contributed by atoms with E-state index in [9.17, 15) is 19.8 Å². The van der Waals surface area contributed by atoms with E-state index < -0.39 is 17.2 Å². The van der Waals surface area contributed by atoms with Crippen molar-refractivity contribution in [3.8, 4) is 22.8 Å².